The summed E-state index contributed by atoms with van der Waals surface area (Å²) in [5.41, 5.74) is 1.14. The van der Waals surface area contributed by atoms with Crippen LogP contribution in [0.2, 0.25) is 0 Å². The summed E-state index contributed by atoms with van der Waals surface area (Å²) in [6.45, 7) is 8.39. The Kier molecular flexibility index (Phi) is 5.76. The predicted molar refractivity (Wildman–Crippen MR) is 70.2 cm³/mol. The van der Waals surface area contributed by atoms with Crippen molar-refractivity contribution in [3.05, 3.63) is 24.3 Å². The molecule has 0 aliphatic rings. The number of ether oxygens (including phenoxy) is 1. The third-order valence-corrected chi connectivity index (χ3v) is 2.38. The molecule has 0 unspecified atom stereocenters. The molecule has 0 bridgehead atoms. The molecule has 0 fully saturated rings. The number of nitrogens with one attached hydrogen (secondary N) is 1. The quantitative estimate of drug-likeness (QED) is 0.753. The Balaban J connectivity index is 2.40. The van der Waals surface area contributed by atoms with E-state index in [1.165, 1.54) is 0 Å². The SMILES string of the molecule is CCCNc1cccc(OCCC(C)C)c1. The fraction of sp³-hybridized carbons (Fsp3) is 0.571. The molecule has 1 N–H and O–H groups in total. The molecule has 1 aromatic carbocycles. The lowest BCUT2D eigenvalue weighted by Crippen LogP contribution is -2.03. The van der Waals surface area contributed by atoms with E-state index in [2.05, 4.69) is 38.2 Å². The van der Waals surface area contributed by atoms with Crippen LogP contribution >= 0.6 is 0 Å². The van der Waals surface area contributed by atoms with Gasteiger partial charge in [0.15, 0.2) is 0 Å². The van der Waals surface area contributed by atoms with Gasteiger partial charge in [0.1, 0.15) is 5.75 Å². The van der Waals surface area contributed by atoms with Gasteiger partial charge < -0.3 is 10.1 Å². The van der Waals surface area contributed by atoms with Gasteiger partial charge >= 0.3 is 0 Å². The minimum atomic E-state index is 0.696. The maximum atomic E-state index is 5.70. The summed E-state index contributed by atoms with van der Waals surface area (Å²) in [6.07, 6.45) is 2.24. The molecule has 0 aromatic heterocycles. The second-order valence-electron chi connectivity index (χ2n) is 4.49. The van der Waals surface area contributed by atoms with Gasteiger partial charge in [-0.05, 0) is 30.9 Å². The van der Waals surface area contributed by atoms with Crippen LogP contribution in [0.3, 0.4) is 0 Å². The van der Waals surface area contributed by atoms with Gasteiger partial charge in [-0.15, -0.1) is 0 Å². The Morgan fingerprint density at radius 1 is 1.31 bits per heavy atom. The number of hydrogen-bond acceptors (Lipinski definition) is 2. The molecular formula is C14H23NO. The first kappa shape index (κ1) is 12.9. The minimum Gasteiger partial charge on any atom is -0.494 e. The van der Waals surface area contributed by atoms with Gasteiger partial charge in [-0.1, -0.05) is 26.8 Å². The summed E-state index contributed by atoms with van der Waals surface area (Å²) in [7, 11) is 0. The lowest BCUT2D eigenvalue weighted by Gasteiger charge is -2.10. The van der Waals surface area contributed by atoms with Gasteiger partial charge in [0.05, 0.1) is 6.61 Å². The van der Waals surface area contributed by atoms with Crippen molar-refractivity contribution in [1.82, 2.24) is 0 Å². The molecule has 1 aromatic rings. The highest BCUT2D eigenvalue weighted by molar-refractivity contribution is 5.48. The number of rotatable bonds is 7. The normalized spacial score (nSPS) is 10.5. The van der Waals surface area contributed by atoms with E-state index in [-0.39, 0.29) is 0 Å². The van der Waals surface area contributed by atoms with Crippen molar-refractivity contribution < 1.29 is 4.74 Å². The second kappa shape index (κ2) is 7.15. The van der Waals surface area contributed by atoms with Crippen molar-refractivity contribution in [2.24, 2.45) is 5.92 Å². The summed E-state index contributed by atoms with van der Waals surface area (Å²) >= 11 is 0. The van der Waals surface area contributed by atoms with Crippen LogP contribution < -0.4 is 10.1 Å². The largest absolute Gasteiger partial charge is 0.494 e. The van der Waals surface area contributed by atoms with Crippen molar-refractivity contribution in [2.45, 2.75) is 33.6 Å². The molecule has 0 spiro atoms. The van der Waals surface area contributed by atoms with E-state index in [4.69, 9.17) is 4.74 Å². The molecule has 16 heavy (non-hydrogen) atoms. The molecule has 0 aliphatic carbocycles. The van der Waals surface area contributed by atoms with Gasteiger partial charge in [0, 0.05) is 18.3 Å². The van der Waals surface area contributed by atoms with Crippen molar-refractivity contribution in [3.63, 3.8) is 0 Å². The van der Waals surface area contributed by atoms with Crippen LogP contribution in [0.15, 0.2) is 24.3 Å². The first-order chi connectivity index (χ1) is 7.72. The molecule has 0 heterocycles. The first-order valence-electron chi connectivity index (χ1n) is 6.19. The number of anilines is 1. The van der Waals surface area contributed by atoms with Crippen molar-refractivity contribution in [2.75, 3.05) is 18.5 Å². The summed E-state index contributed by atoms with van der Waals surface area (Å²) in [6, 6.07) is 8.18. The molecule has 2 heteroatoms. The summed E-state index contributed by atoms with van der Waals surface area (Å²) < 4.78 is 5.70. The van der Waals surface area contributed by atoms with Crippen LogP contribution in [0.4, 0.5) is 5.69 Å². The highest BCUT2D eigenvalue weighted by Gasteiger charge is 1.98. The van der Waals surface area contributed by atoms with Gasteiger partial charge in [0.2, 0.25) is 0 Å². The summed E-state index contributed by atoms with van der Waals surface area (Å²) in [5.74, 6) is 1.66. The Hall–Kier alpha value is -1.18. The number of hydrogen-bond donors (Lipinski definition) is 1. The molecule has 2 nitrogen and oxygen atoms in total. The maximum absolute atomic E-state index is 5.70. The molecule has 90 valence electrons. The molecular weight excluding hydrogens is 198 g/mol. The highest BCUT2D eigenvalue weighted by atomic mass is 16.5. The summed E-state index contributed by atoms with van der Waals surface area (Å²) in [5, 5.41) is 3.35. The van der Waals surface area contributed by atoms with Crippen molar-refractivity contribution in [1.29, 1.82) is 0 Å². The fourth-order valence-corrected chi connectivity index (χ4v) is 1.38. The molecule has 0 saturated carbocycles. The van der Waals surface area contributed by atoms with E-state index in [1.54, 1.807) is 0 Å². The highest BCUT2D eigenvalue weighted by Crippen LogP contribution is 2.17. The van der Waals surface area contributed by atoms with E-state index >= 15 is 0 Å². The van der Waals surface area contributed by atoms with Crippen LogP contribution in [-0.4, -0.2) is 13.2 Å². The average molecular weight is 221 g/mol. The van der Waals surface area contributed by atoms with Crippen LogP contribution in [-0.2, 0) is 0 Å². The van der Waals surface area contributed by atoms with Gasteiger partial charge in [-0.25, -0.2) is 0 Å². The average Bonchev–Trinajstić information content (AvgIpc) is 2.26. The third-order valence-electron chi connectivity index (χ3n) is 2.38. The van der Waals surface area contributed by atoms with Crippen LogP contribution in [0.25, 0.3) is 0 Å². The maximum Gasteiger partial charge on any atom is 0.121 e. The first-order valence-corrected chi connectivity index (χ1v) is 6.19. The topological polar surface area (TPSA) is 21.3 Å². The molecule has 0 saturated heterocycles. The van der Waals surface area contributed by atoms with Gasteiger partial charge in [-0.3, -0.25) is 0 Å². The Labute approximate surface area is 99.0 Å². The van der Waals surface area contributed by atoms with Crippen LogP contribution in [0.5, 0.6) is 5.75 Å². The zero-order valence-electron chi connectivity index (χ0n) is 10.6. The summed E-state index contributed by atoms with van der Waals surface area (Å²) in [4.78, 5) is 0. The smallest absolute Gasteiger partial charge is 0.121 e. The monoisotopic (exact) mass is 221 g/mol. The third kappa shape index (κ3) is 5.06. The molecule has 1 rings (SSSR count). The van der Waals surface area contributed by atoms with E-state index < -0.39 is 0 Å². The molecule has 0 amide bonds. The minimum absolute atomic E-state index is 0.696. The van der Waals surface area contributed by atoms with Gasteiger partial charge in [-0.2, -0.15) is 0 Å². The predicted octanol–water partition coefficient (Wildman–Crippen LogP) is 3.93. The van der Waals surface area contributed by atoms with Gasteiger partial charge in [0.25, 0.3) is 0 Å². The zero-order chi connectivity index (χ0) is 11.8. The van der Waals surface area contributed by atoms with Crippen molar-refractivity contribution in [3.8, 4) is 5.75 Å². The molecule has 0 atom stereocenters. The molecule has 0 radical (unpaired) electrons. The van der Waals surface area contributed by atoms with E-state index in [0.29, 0.717) is 5.92 Å². The van der Waals surface area contributed by atoms with Crippen LogP contribution in [0.1, 0.15) is 33.6 Å². The Bertz CT molecular complexity index is 297. The van der Waals surface area contributed by atoms with E-state index in [0.717, 1.165) is 37.4 Å². The van der Waals surface area contributed by atoms with Crippen molar-refractivity contribution >= 4 is 5.69 Å². The van der Waals surface area contributed by atoms with E-state index in [9.17, 15) is 0 Å². The van der Waals surface area contributed by atoms with Crippen LogP contribution in [0, 0.1) is 5.92 Å². The fourth-order valence-electron chi connectivity index (χ4n) is 1.38. The number of benzene rings is 1. The molecule has 0 aliphatic heterocycles. The Morgan fingerprint density at radius 3 is 2.81 bits per heavy atom. The standard InChI is InChI=1S/C14H23NO/c1-4-9-15-13-6-5-7-14(11-13)16-10-8-12(2)3/h5-7,11-12,15H,4,8-10H2,1-3H3. The lowest BCUT2D eigenvalue weighted by molar-refractivity contribution is 0.289. The lowest BCUT2D eigenvalue weighted by atomic mass is 10.1. The zero-order valence-corrected chi connectivity index (χ0v) is 10.6. The Morgan fingerprint density at radius 2 is 2.12 bits per heavy atom. The van der Waals surface area contributed by atoms with E-state index in [1.807, 2.05) is 12.1 Å². The second-order valence-corrected chi connectivity index (χ2v) is 4.49.